The van der Waals surface area contributed by atoms with E-state index in [0.29, 0.717) is 25.8 Å². The van der Waals surface area contributed by atoms with Gasteiger partial charge in [0, 0.05) is 32.2 Å². The quantitative estimate of drug-likeness (QED) is 0.722. The van der Waals surface area contributed by atoms with Crippen LogP contribution in [0.3, 0.4) is 0 Å². The van der Waals surface area contributed by atoms with Crippen molar-refractivity contribution in [2.75, 3.05) is 52.5 Å². The first-order chi connectivity index (χ1) is 8.83. The van der Waals surface area contributed by atoms with Crippen molar-refractivity contribution >= 4 is 5.91 Å². The number of morpholine rings is 1. The monoisotopic (exact) mass is 253 g/mol. The first-order valence-electron chi connectivity index (χ1n) is 7.14. The minimum absolute atomic E-state index is 0.280. The van der Waals surface area contributed by atoms with Gasteiger partial charge < -0.3 is 15.0 Å². The maximum atomic E-state index is 12.2. The molecule has 3 fully saturated rings. The predicted octanol–water partition coefficient (Wildman–Crippen LogP) is -0.471. The number of likely N-dealkylation sites (tertiary alicyclic amines) is 1. The highest BCUT2D eigenvalue weighted by Gasteiger charge is 2.33. The molecule has 0 aromatic rings. The average Bonchev–Trinajstić information content (AvgIpc) is 2.87. The number of carbonyl (C=O) groups excluding carboxylic acids is 1. The summed E-state index contributed by atoms with van der Waals surface area (Å²) in [6.07, 6.45) is 2.47. The number of carbonyl (C=O) groups is 1. The Hall–Kier alpha value is -0.650. The first kappa shape index (κ1) is 12.4. The van der Waals surface area contributed by atoms with Crippen LogP contribution >= 0.6 is 0 Å². The molecule has 0 bridgehead atoms. The summed E-state index contributed by atoms with van der Waals surface area (Å²) in [4.78, 5) is 16.5. The number of hydrogen-bond acceptors (Lipinski definition) is 4. The van der Waals surface area contributed by atoms with Gasteiger partial charge in [-0.15, -0.1) is 0 Å². The van der Waals surface area contributed by atoms with Gasteiger partial charge in [0.1, 0.15) is 0 Å². The van der Waals surface area contributed by atoms with E-state index in [2.05, 4.69) is 10.2 Å². The molecule has 2 atom stereocenters. The van der Waals surface area contributed by atoms with Gasteiger partial charge >= 0.3 is 0 Å². The van der Waals surface area contributed by atoms with Crippen molar-refractivity contribution in [2.45, 2.75) is 18.9 Å². The smallest absolute Gasteiger partial charge is 0.236 e. The van der Waals surface area contributed by atoms with Crippen molar-refractivity contribution in [1.82, 2.24) is 15.1 Å². The summed E-state index contributed by atoms with van der Waals surface area (Å²) < 4.78 is 5.28. The van der Waals surface area contributed by atoms with E-state index in [1.54, 1.807) is 0 Å². The maximum absolute atomic E-state index is 12.2. The number of nitrogens with zero attached hydrogens (tertiary/aromatic N) is 2. The van der Waals surface area contributed by atoms with Crippen LogP contribution in [0.2, 0.25) is 0 Å². The van der Waals surface area contributed by atoms with Gasteiger partial charge in [0.05, 0.1) is 19.8 Å². The molecule has 2 unspecified atom stereocenters. The van der Waals surface area contributed by atoms with E-state index in [1.807, 2.05) is 4.90 Å². The number of piperidine rings is 1. The lowest BCUT2D eigenvalue weighted by molar-refractivity contribution is -0.136. The van der Waals surface area contributed by atoms with Crippen LogP contribution < -0.4 is 5.32 Å². The number of hydrogen-bond donors (Lipinski definition) is 1. The highest BCUT2D eigenvalue weighted by molar-refractivity contribution is 5.78. The van der Waals surface area contributed by atoms with Crippen LogP contribution in [0.1, 0.15) is 12.8 Å². The van der Waals surface area contributed by atoms with E-state index in [9.17, 15) is 4.79 Å². The van der Waals surface area contributed by atoms with Crippen LogP contribution in [0.15, 0.2) is 0 Å². The molecule has 1 amide bonds. The highest BCUT2D eigenvalue weighted by atomic mass is 16.5. The Kier molecular flexibility index (Phi) is 3.82. The van der Waals surface area contributed by atoms with Gasteiger partial charge in [0.2, 0.25) is 5.91 Å². The molecule has 3 saturated heterocycles. The van der Waals surface area contributed by atoms with Gasteiger partial charge in [-0.05, 0) is 25.3 Å². The third kappa shape index (κ3) is 2.68. The zero-order valence-electron chi connectivity index (χ0n) is 10.9. The lowest BCUT2D eigenvalue weighted by Gasteiger charge is -2.36. The second-order valence-electron chi connectivity index (χ2n) is 5.63. The standard InChI is InChI=1S/C13H23N3O2/c17-13(16-5-7-18-8-6-16)10-15-4-2-12-11(9-15)1-3-14-12/h11-12,14H,1-10H2. The molecule has 0 aliphatic carbocycles. The summed E-state index contributed by atoms with van der Waals surface area (Å²) in [5.74, 6) is 1.04. The Morgan fingerprint density at radius 3 is 2.89 bits per heavy atom. The molecule has 5 nitrogen and oxygen atoms in total. The highest BCUT2D eigenvalue weighted by Crippen LogP contribution is 2.24. The molecule has 0 spiro atoms. The average molecular weight is 253 g/mol. The van der Waals surface area contributed by atoms with E-state index in [4.69, 9.17) is 4.74 Å². The molecule has 1 N–H and O–H groups in total. The second-order valence-corrected chi connectivity index (χ2v) is 5.63. The molecule has 3 heterocycles. The van der Waals surface area contributed by atoms with Gasteiger partial charge in [-0.3, -0.25) is 9.69 Å². The van der Waals surface area contributed by atoms with Crippen molar-refractivity contribution in [2.24, 2.45) is 5.92 Å². The molecule has 3 rings (SSSR count). The fourth-order valence-corrected chi connectivity index (χ4v) is 3.37. The minimum atomic E-state index is 0.280. The van der Waals surface area contributed by atoms with Gasteiger partial charge in [-0.2, -0.15) is 0 Å². The largest absolute Gasteiger partial charge is 0.378 e. The third-order valence-corrected chi connectivity index (χ3v) is 4.46. The number of rotatable bonds is 2. The van der Waals surface area contributed by atoms with E-state index in [1.165, 1.54) is 12.8 Å². The first-order valence-corrected chi connectivity index (χ1v) is 7.14. The molecule has 0 radical (unpaired) electrons. The predicted molar refractivity (Wildman–Crippen MR) is 68.4 cm³/mol. The Morgan fingerprint density at radius 1 is 1.22 bits per heavy atom. The van der Waals surface area contributed by atoms with Crippen LogP contribution in [0, 0.1) is 5.92 Å². The van der Waals surface area contributed by atoms with E-state index < -0.39 is 0 Å². The van der Waals surface area contributed by atoms with Gasteiger partial charge in [-0.25, -0.2) is 0 Å². The number of amides is 1. The SMILES string of the molecule is O=C(CN1CCC2NCCC2C1)N1CCOCC1. The lowest BCUT2D eigenvalue weighted by atomic mass is 9.93. The Bertz CT molecular complexity index is 305. The molecule has 18 heavy (non-hydrogen) atoms. The van der Waals surface area contributed by atoms with Crippen molar-refractivity contribution < 1.29 is 9.53 Å². The summed E-state index contributed by atoms with van der Waals surface area (Å²) >= 11 is 0. The Balaban J connectivity index is 1.48. The molecule has 5 heteroatoms. The van der Waals surface area contributed by atoms with Crippen LogP contribution in [-0.4, -0.2) is 74.2 Å². The molecule has 3 aliphatic rings. The third-order valence-electron chi connectivity index (χ3n) is 4.46. The Morgan fingerprint density at radius 2 is 2.06 bits per heavy atom. The van der Waals surface area contributed by atoms with E-state index in [0.717, 1.165) is 38.6 Å². The molecular weight excluding hydrogens is 230 g/mol. The fraction of sp³-hybridized carbons (Fsp3) is 0.923. The Labute approximate surface area is 108 Å². The normalized spacial score (nSPS) is 33.4. The van der Waals surface area contributed by atoms with Crippen LogP contribution in [0.4, 0.5) is 0 Å². The number of ether oxygens (including phenoxy) is 1. The van der Waals surface area contributed by atoms with E-state index >= 15 is 0 Å². The van der Waals surface area contributed by atoms with Crippen LogP contribution in [-0.2, 0) is 9.53 Å². The number of fused-ring (bicyclic) bond motifs is 1. The zero-order chi connectivity index (χ0) is 12.4. The van der Waals surface area contributed by atoms with Crippen molar-refractivity contribution in [3.8, 4) is 0 Å². The van der Waals surface area contributed by atoms with Gasteiger partial charge in [-0.1, -0.05) is 0 Å². The fourth-order valence-electron chi connectivity index (χ4n) is 3.37. The number of nitrogens with one attached hydrogen (secondary N) is 1. The summed E-state index contributed by atoms with van der Waals surface area (Å²) in [5, 5.41) is 3.56. The minimum Gasteiger partial charge on any atom is -0.378 e. The summed E-state index contributed by atoms with van der Waals surface area (Å²) in [6, 6.07) is 0.708. The maximum Gasteiger partial charge on any atom is 0.236 e. The zero-order valence-corrected chi connectivity index (χ0v) is 10.9. The molecule has 0 aromatic heterocycles. The molecule has 3 aliphatic heterocycles. The molecular formula is C13H23N3O2. The summed E-state index contributed by atoms with van der Waals surface area (Å²) in [7, 11) is 0. The summed E-state index contributed by atoms with van der Waals surface area (Å²) in [5.41, 5.74) is 0. The van der Waals surface area contributed by atoms with Gasteiger partial charge in [0.15, 0.2) is 0 Å². The van der Waals surface area contributed by atoms with E-state index in [-0.39, 0.29) is 5.91 Å². The van der Waals surface area contributed by atoms with Crippen molar-refractivity contribution in [1.29, 1.82) is 0 Å². The lowest BCUT2D eigenvalue weighted by Crippen LogP contribution is -2.50. The van der Waals surface area contributed by atoms with Gasteiger partial charge in [0.25, 0.3) is 0 Å². The van der Waals surface area contributed by atoms with Crippen molar-refractivity contribution in [3.63, 3.8) is 0 Å². The molecule has 0 aromatic carbocycles. The van der Waals surface area contributed by atoms with Crippen molar-refractivity contribution in [3.05, 3.63) is 0 Å². The molecule has 102 valence electrons. The van der Waals surface area contributed by atoms with Crippen LogP contribution in [0.25, 0.3) is 0 Å². The molecule has 0 saturated carbocycles. The van der Waals surface area contributed by atoms with Crippen LogP contribution in [0.5, 0.6) is 0 Å². The second kappa shape index (κ2) is 5.55. The summed E-state index contributed by atoms with van der Waals surface area (Å²) in [6.45, 7) is 6.82. The topological polar surface area (TPSA) is 44.8 Å².